The van der Waals surface area contributed by atoms with Gasteiger partial charge in [0.1, 0.15) is 12.7 Å². The monoisotopic (exact) mass is 320 g/mol. The Hall–Kier alpha value is -2.11. The van der Waals surface area contributed by atoms with E-state index in [0.717, 1.165) is 16.8 Å². The number of hydrogen-bond donors (Lipinski definition) is 1. The zero-order valence-electron chi connectivity index (χ0n) is 13.2. The highest BCUT2D eigenvalue weighted by Gasteiger charge is 2.46. The highest BCUT2D eigenvalue weighted by atomic mass is 19.1. The maximum atomic E-state index is 13.1. The normalized spacial score (nSPS) is 22.3. The molecule has 1 aromatic rings. The Bertz CT molecular complexity index is 620. The molecule has 1 aromatic carbocycles. The summed E-state index contributed by atoms with van der Waals surface area (Å²) in [6.45, 7) is 3.36. The Kier molecular flexibility index (Phi) is 4.50. The van der Waals surface area contributed by atoms with Gasteiger partial charge in [0.2, 0.25) is 5.91 Å². The largest absolute Gasteiger partial charge is 0.465 e. The molecule has 1 amide bonds. The molecule has 1 aliphatic heterocycles. The number of carbonyl (C=O) groups excluding carboxylic acids is 2. The van der Waals surface area contributed by atoms with Gasteiger partial charge in [-0.2, -0.15) is 0 Å². The summed E-state index contributed by atoms with van der Waals surface area (Å²) in [4.78, 5) is 25.4. The number of hydrogen-bond acceptors (Lipinski definition) is 4. The summed E-state index contributed by atoms with van der Waals surface area (Å²) in [6, 6.07) is 5.80. The van der Waals surface area contributed by atoms with E-state index in [1.807, 2.05) is 18.2 Å². The lowest BCUT2D eigenvalue weighted by molar-refractivity contribution is -0.141. The first-order valence-corrected chi connectivity index (χ1v) is 8.03. The number of carbonyl (C=O) groups is 2. The minimum Gasteiger partial charge on any atom is -0.465 e. The quantitative estimate of drug-likeness (QED) is 0.842. The zero-order valence-corrected chi connectivity index (χ0v) is 13.2. The smallest absolute Gasteiger partial charge is 0.325 e. The fourth-order valence-electron chi connectivity index (χ4n) is 3.00. The number of alkyl halides is 1. The molecule has 1 aliphatic carbocycles. The lowest BCUT2D eigenvalue weighted by atomic mass is 9.97. The third kappa shape index (κ3) is 3.46. The second-order valence-corrected chi connectivity index (χ2v) is 5.97. The second kappa shape index (κ2) is 6.56. The van der Waals surface area contributed by atoms with Crippen molar-refractivity contribution in [3.63, 3.8) is 0 Å². The Morgan fingerprint density at radius 3 is 2.91 bits per heavy atom. The molecule has 23 heavy (non-hydrogen) atoms. The van der Waals surface area contributed by atoms with Crippen LogP contribution in [0.5, 0.6) is 0 Å². The van der Waals surface area contributed by atoms with Crippen molar-refractivity contribution in [1.29, 1.82) is 0 Å². The van der Waals surface area contributed by atoms with E-state index in [-0.39, 0.29) is 18.4 Å². The van der Waals surface area contributed by atoms with Crippen molar-refractivity contribution < 1.29 is 18.7 Å². The van der Waals surface area contributed by atoms with E-state index in [9.17, 15) is 14.0 Å². The number of amides is 1. The highest BCUT2D eigenvalue weighted by Crippen LogP contribution is 2.37. The van der Waals surface area contributed by atoms with Crippen LogP contribution in [-0.4, -0.2) is 42.6 Å². The van der Waals surface area contributed by atoms with E-state index in [4.69, 9.17) is 4.74 Å². The number of ether oxygens (including phenoxy) is 1. The van der Waals surface area contributed by atoms with Crippen molar-refractivity contribution in [1.82, 2.24) is 4.90 Å². The van der Waals surface area contributed by atoms with Gasteiger partial charge in [0.25, 0.3) is 0 Å². The van der Waals surface area contributed by atoms with Crippen molar-refractivity contribution in [3.8, 4) is 0 Å². The van der Waals surface area contributed by atoms with Gasteiger partial charge < -0.3 is 15.0 Å². The first-order chi connectivity index (χ1) is 11.1. The molecule has 1 saturated carbocycles. The van der Waals surface area contributed by atoms with Crippen molar-refractivity contribution in [2.45, 2.75) is 32.5 Å². The van der Waals surface area contributed by atoms with E-state index < -0.39 is 12.1 Å². The third-order valence-corrected chi connectivity index (χ3v) is 4.34. The first kappa shape index (κ1) is 15.8. The predicted octanol–water partition coefficient (Wildman–Crippen LogP) is 1.90. The number of anilines is 1. The zero-order chi connectivity index (χ0) is 16.4. The summed E-state index contributed by atoms with van der Waals surface area (Å²) in [7, 11) is 0. The van der Waals surface area contributed by atoms with Crippen molar-refractivity contribution >= 4 is 17.6 Å². The minimum atomic E-state index is -0.957. The van der Waals surface area contributed by atoms with Gasteiger partial charge in [-0.15, -0.1) is 0 Å². The summed E-state index contributed by atoms with van der Waals surface area (Å²) < 4.78 is 18.0. The molecule has 5 nitrogen and oxygen atoms in total. The van der Waals surface area contributed by atoms with E-state index >= 15 is 0 Å². The van der Waals surface area contributed by atoms with Crippen LogP contribution in [0.4, 0.5) is 10.1 Å². The molecule has 2 atom stereocenters. The molecule has 3 rings (SSSR count). The van der Waals surface area contributed by atoms with Crippen molar-refractivity contribution in [2.75, 3.05) is 25.0 Å². The maximum absolute atomic E-state index is 13.1. The molecule has 1 N–H and O–H groups in total. The van der Waals surface area contributed by atoms with Gasteiger partial charge in [-0.1, -0.05) is 12.1 Å². The van der Waals surface area contributed by atoms with Gasteiger partial charge in [-0.25, -0.2) is 4.39 Å². The van der Waals surface area contributed by atoms with Crippen LogP contribution in [0.1, 0.15) is 24.5 Å². The maximum Gasteiger partial charge on any atom is 0.325 e. The van der Waals surface area contributed by atoms with Gasteiger partial charge >= 0.3 is 5.97 Å². The summed E-state index contributed by atoms with van der Waals surface area (Å²) in [6.07, 6.45) is 0.113. The molecule has 2 unspecified atom stereocenters. The van der Waals surface area contributed by atoms with Crippen LogP contribution in [0.3, 0.4) is 0 Å². The van der Waals surface area contributed by atoms with Gasteiger partial charge in [0, 0.05) is 18.8 Å². The lowest BCUT2D eigenvalue weighted by Crippen LogP contribution is -2.37. The van der Waals surface area contributed by atoms with Crippen LogP contribution in [0.25, 0.3) is 0 Å². The van der Waals surface area contributed by atoms with E-state index in [1.54, 1.807) is 11.8 Å². The number of benzene rings is 1. The van der Waals surface area contributed by atoms with Crippen LogP contribution in [0, 0.1) is 5.92 Å². The molecule has 1 fully saturated rings. The lowest BCUT2D eigenvalue weighted by Gasteiger charge is -2.30. The summed E-state index contributed by atoms with van der Waals surface area (Å²) in [5, 5.41) is 3.11. The van der Waals surface area contributed by atoms with E-state index in [0.29, 0.717) is 32.5 Å². The standard InChI is InChI=1S/C17H21FN2O3/c1-2-23-16(21)9-19-15-5-3-4-11-10-20(7-6-12(11)15)17(22)13-8-14(13)18/h3-5,13-14,19H,2,6-10H2,1H3. The topological polar surface area (TPSA) is 58.6 Å². The highest BCUT2D eigenvalue weighted by molar-refractivity contribution is 5.82. The summed E-state index contributed by atoms with van der Waals surface area (Å²) in [5.41, 5.74) is 3.07. The molecule has 0 radical (unpaired) electrons. The van der Waals surface area contributed by atoms with Gasteiger partial charge in [-0.3, -0.25) is 9.59 Å². The molecule has 124 valence electrons. The van der Waals surface area contributed by atoms with Crippen LogP contribution < -0.4 is 5.32 Å². The molecular weight excluding hydrogens is 299 g/mol. The molecule has 0 spiro atoms. The average molecular weight is 320 g/mol. The number of esters is 1. The Morgan fingerprint density at radius 2 is 2.22 bits per heavy atom. The number of fused-ring (bicyclic) bond motifs is 1. The summed E-state index contributed by atoms with van der Waals surface area (Å²) in [5.74, 6) is -0.796. The molecular formula is C17H21FN2O3. The molecule has 0 aromatic heterocycles. The van der Waals surface area contributed by atoms with Gasteiger partial charge in [-0.05, 0) is 37.0 Å². The Balaban J connectivity index is 1.66. The fraction of sp³-hybridized carbons (Fsp3) is 0.529. The third-order valence-electron chi connectivity index (χ3n) is 4.34. The molecule has 1 heterocycles. The second-order valence-electron chi connectivity index (χ2n) is 5.97. The molecule has 0 bridgehead atoms. The fourth-order valence-corrected chi connectivity index (χ4v) is 3.00. The van der Waals surface area contributed by atoms with Gasteiger partial charge in [0.15, 0.2) is 0 Å². The minimum absolute atomic E-state index is 0.0759. The van der Waals surface area contributed by atoms with E-state index in [2.05, 4.69) is 5.32 Å². The molecule has 6 heteroatoms. The predicted molar refractivity (Wildman–Crippen MR) is 83.7 cm³/mol. The van der Waals surface area contributed by atoms with Gasteiger partial charge in [0.05, 0.1) is 12.5 Å². The Labute approximate surface area is 134 Å². The van der Waals surface area contributed by atoms with Crippen molar-refractivity contribution in [2.24, 2.45) is 5.92 Å². The number of nitrogens with zero attached hydrogens (tertiary/aromatic N) is 1. The molecule has 0 saturated heterocycles. The number of halogens is 1. The molecule has 2 aliphatic rings. The Morgan fingerprint density at radius 1 is 1.43 bits per heavy atom. The average Bonchev–Trinajstić information content (AvgIpc) is 3.28. The SMILES string of the molecule is CCOC(=O)CNc1cccc2c1CCN(C(=O)C1CC1F)C2. The number of nitrogens with one attached hydrogen (secondary N) is 1. The first-order valence-electron chi connectivity index (χ1n) is 8.03. The summed E-state index contributed by atoms with van der Waals surface area (Å²) >= 11 is 0. The van der Waals surface area contributed by atoms with E-state index in [1.165, 1.54) is 0 Å². The number of rotatable bonds is 5. The van der Waals surface area contributed by atoms with Crippen LogP contribution in [-0.2, 0) is 27.3 Å². The van der Waals surface area contributed by atoms with Crippen LogP contribution in [0.2, 0.25) is 0 Å². The van der Waals surface area contributed by atoms with Crippen LogP contribution in [0.15, 0.2) is 18.2 Å². The van der Waals surface area contributed by atoms with Crippen LogP contribution >= 0.6 is 0 Å². The van der Waals surface area contributed by atoms with Crippen molar-refractivity contribution in [3.05, 3.63) is 29.3 Å².